The number of anilines is 3. The van der Waals surface area contributed by atoms with Gasteiger partial charge < -0.3 is 13.7 Å². The van der Waals surface area contributed by atoms with Gasteiger partial charge in [0.1, 0.15) is 22.3 Å². The van der Waals surface area contributed by atoms with Crippen LogP contribution in [0.25, 0.3) is 99.2 Å². The molecule has 0 atom stereocenters. The lowest BCUT2D eigenvalue weighted by Crippen LogP contribution is -2.33. The zero-order chi connectivity index (χ0) is 66.2. The largest absolute Gasteiger partial charge is 0.456 e. The van der Waals surface area contributed by atoms with Crippen LogP contribution < -0.4 is 4.90 Å². The van der Waals surface area contributed by atoms with Crippen LogP contribution in [0.4, 0.5) is 17.1 Å². The second-order valence-electron chi connectivity index (χ2n) is 31.1. The summed E-state index contributed by atoms with van der Waals surface area (Å²) in [6.07, 6.45) is 29.9. The van der Waals surface area contributed by atoms with Crippen molar-refractivity contribution in [1.82, 2.24) is 0 Å². The normalized spacial score (nSPS) is 15.3. The number of unbranched alkanes of at least 4 members (excludes halogenated alkanes) is 16. The summed E-state index contributed by atoms with van der Waals surface area (Å²) in [5.74, 6) is 0. The fraction of sp³-hybridized carbons (Fsp3) is 0.383. The Bertz CT molecular complexity index is 4950. The lowest BCUT2D eigenvalue weighted by Gasteiger charge is -2.40. The second kappa shape index (κ2) is 25.6. The first-order valence-corrected chi connectivity index (χ1v) is 38.3. The highest BCUT2D eigenvalue weighted by Crippen LogP contribution is 2.68. The number of fused-ring (bicyclic) bond motifs is 23. The summed E-state index contributed by atoms with van der Waals surface area (Å²) >= 11 is 0. The number of hydrogen-bond donors (Lipinski definition) is 0. The van der Waals surface area contributed by atoms with E-state index in [1.165, 1.54) is 263 Å². The molecule has 2 heterocycles. The van der Waals surface area contributed by atoms with Crippen molar-refractivity contribution < 1.29 is 8.83 Å². The van der Waals surface area contributed by atoms with E-state index in [4.69, 9.17) is 8.83 Å². The van der Waals surface area contributed by atoms with Crippen molar-refractivity contribution >= 4 is 71.7 Å². The Balaban J connectivity index is 0.924. The van der Waals surface area contributed by atoms with Crippen molar-refractivity contribution in [3.05, 3.63) is 220 Å². The van der Waals surface area contributed by atoms with Crippen molar-refractivity contribution in [1.29, 1.82) is 0 Å². The standard InChI is InChI=1S/C94H101NO2/c1-9-13-17-21-33-53-93(54-34-22-18-14-10-2)74-42-30-27-39-68(74)85-86-71-41-29-32-44-81(71)97-90(86)87-69-50-48-66(59-79(69)94(89(87)88(85)93,55-35-23-19-15-11-3)56-36-24-20-16-12-4)95(64-46-45-62-37-25-26-38-63(62)57-64)65-47-49-67-72-60-78-73(61-77(72)92(7,8)76(67)58-65)83-75(91(78,5)6)51-52-82-84(83)70-40-28-31-43-80(70)96-82/h25-32,37-52,57-61H,9-24,33-36,53-56H2,1-8H3. The Morgan fingerprint density at radius 2 is 0.763 bits per heavy atom. The number of hydrogen-bond acceptors (Lipinski definition) is 3. The second-order valence-corrected chi connectivity index (χ2v) is 31.1. The highest BCUT2D eigenvalue weighted by molar-refractivity contribution is 6.21. The zero-order valence-electron chi connectivity index (χ0n) is 59.5. The Kier molecular flexibility index (Phi) is 16.8. The van der Waals surface area contributed by atoms with Crippen LogP contribution in [0.1, 0.15) is 254 Å². The van der Waals surface area contributed by atoms with Gasteiger partial charge in [0.05, 0.1) is 0 Å². The van der Waals surface area contributed by atoms with E-state index in [9.17, 15) is 0 Å². The monoisotopic (exact) mass is 1280 g/mol. The molecule has 12 aromatic rings. The van der Waals surface area contributed by atoms with Crippen LogP contribution in [0, 0.1) is 0 Å². The van der Waals surface area contributed by atoms with E-state index in [1.54, 1.807) is 16.7 Å². The number of para-hydroxylation sites is 2. The van der Waals surface area contributed by atoms with Crippen LogP contribution >= 0.6 is 0 Å². The molecule has 4 aliphatic carbocycles. The molecule has 3 heteroatoms. The van der Waals surface area contributed by atoms with Crippen LogP contribution in [0.3, 0.4) is 0 Å². The Morgan fingerprint density at radius 3 is 1.41 bits per heavy atom. The van der Waals surface area contributed by atoms with E-state index >= 15 is 0 Å². The Morgan fingerprint density at radius 1 is 0.299 bits per heavy atom. The van der Waals surface area contributed by atoms with Gasteiger partial charge in [-0.15, -0.1) is 0 Å². The first-order valence-electron chi connectivity index (χ1n) is 38.3. The Labute approximate surface area is 578 Å². The highest BCUT2D eigenvalue weighted by Gasteiger charge is 2.54. The fourth-order valence-electron chi connectivity index (χ4n) is 19.7. The quantitative estimate of drug-likeness (QED) is 0.0481. The van der Waals surface area contributed by atoms with Crippen molar-refractivity contribution in [3.63, 3.8) is 0 Å². The number of rotatable bonds is 27. The van der Waals surface area contributed by atoms with Gasteiger partial charge in [-0.1, -0.05) is 293 Å². The molecular formula is C94H101NO2. The number of benzene rings is 10. The van der Waals surface area contributed by atoms with Gasteiger partial charge in [0.15, 0.2) is 0 Å². The SMILES string of the molecule is CCCCCCCC1(CCCCCCC)c2cc(N(c3ccc4c(c3)C(C)(C)c3cc5c(cc3-4)C(C)(C)c3ccc4oc6ccccc6c4c3-5)c3ccc4ccccc4c3)ccc2-c2c1c1c(c3c2oc2ccccc23)-c2ccccc2C1(CCCCCCC)CCCCCCC. The summed E-state index contributed by atoms with van der Waals surface area (Å²) in [4.78, 5) is 2.65. The maximum atomic E-state index is 7.64. The summed E-state index contributed by atoms with van der Waals surface area (Å²) in [6, 6.07) is 68.8. The predicted molar refractivity (Wildman–Crippen MR) is 414 cm³/mol. The van der Waals surface area contributed by atoms with Gasteiger partial charge in [-0.3, -0.25) is 0 Å². The van der Waals surface area contributed by atoms with E-state index in [2.05, 4.69) is 236 Å². The molecule has 0 N–H and O–H groups in total. The molecule has 0 aliphatic heterocycles. The molecule has 3 nitrogen and oxygen atoms in total. The van der Waals surface area contributed by atoms with Gasteiger partial charge in [0.2, 0.25) is 0 Å². The fourth-order valence-corrected chi connectivity index (χ4v) is 19.7. The third-order valence-electron chi connectivity index (χ3n) is 24.6. The van der Waals surface area contributed by atoms with Gasteiger partial charge in [0, 0.05) is 65.8 Å². The van der Waals surface area contributed by atoms with Crippen molar-refractivity contribution in [2.24, 2.45) is 0 Å². The molecule has 0 radical (unpaired) electrons. The third kappa shape index (κ3) is 10.2. The van der Waals surface area contributed by atoms with Gasteiger partial charge >= 0.3 is 0 Å². The van der Waals surface area contributed by atoms with E-state index < -0.39 is 0 Å². The molecule has 0 bridgehead atoms. The van der Waals surface area contributed by atoms with Crippen LogP contribution in [0.5, 0.6) is 0 Å². The molecule has 4 aliphatic rings. The first kappa shape index (κ1) is 63.6. The molecule has 0 saturated carbocycles. The molecule has 16 rings (SSSR count). The molecular weight excluding hydrogens is 1180 g/mol. The molecule has 2 aromatic heterocycles. The van der Waals surface area contributed by atoms with Crippen molar-refractivity contribution in [2.45, 2.75) is 231 Å². The van der Waals surface area contributed by atoms with E-state index in [-0.39, 0.29) is 21.7 Å². The molecule has 0 fully saturated rings. The highest BCUT2D eigenvalue weighted by atomic mass is 16.3. The summed E-state index contributed by atoms with van der Waals surface area (Å²) < 4.78 is 14.2. The molecule has 494 valence electrons. The van der Waals surface area contributed by atoms with Crippen molar-refractivity contribution in [2.75, 3.05) is 4.90 Å². The van der Waals surface area contributed by atoms with Crippen LogP contribution in [0.2, 0.25) is 0 Å². The molecule has 10 aromatic carbocycles. The van der Waals surface area contributed by atoms with Crippen molar-refractivity contribution in [3.8, 4) is 44.5 Å². The maximum absolute atomic E-state index is 7.64. The zero-order valence-corrected chi connectivity index (χ0v) is 59.5. The predicted octanol–water partition coefficient (Wildman–Crippen LogP) is 28.7. The molecule has 0 unspecified atom stereocenters. The lowest BCUT2D eigenvalue weighted by atomic mass is 9.62. The molecule has 0 amide bonds. The van der Waals surface area contributed by atoms with Crippen LogP contribution in [-0.4, -0.2) is 0 Å². The van der Waals surface area contributed by atoms with E-state index in [0.717, 1.165) is 35.2 Å². The summed E-state index contributed by atoms with van der Waals surface area (Å²) in [6.45, 7) is 19.3. The summed E-state index contributed by atoms with van der Waals surface area (Å²) in [7, 11) is 0. The third-order valence-corrected chi connectivity index (χ3v) is 24.6. The molecule has 0 spiro atoms. The van der Waals surface area contributed by atoms with Gasteiger partial charge in [-0.25, -0.2) is 0 Å². The van der Waals surface area contributed by atoms with Gasteiger partial charge in [-0.2, -0.15) is 0 Å². The first-order chi connectivity index (χ1) is 47.5. The average molecular weight is 1280 g/mol. The molecule has 0 saturated heterocycles. The average Bonchev–Trinajstić information content (AvgIpc) is 1.50. The smallest absolute Gasteiger partial charge is 0.144 e. The van der Waals surface area contributed by atoms with E-state index in [1.807, 2.05) is 0 Å². The molecule has 97 heavy (non-hydrogen) atoms. The minimum absolute atomic E-state index is 0.132. The van der Waals surface area contributed by atoms with Gasteiger partial charge in [-0.05, 0) is 187 Å². The van der Waals surface area contributed by atoms with Crippen LogP contribution in [0.15, 0.2) is 185 Å². The maximum Gasteiger partial charge on any atom is 0.144 e. The lowest BCUT2D eigenvalue weighted by molar-refractivity contribution is 0.369. The van der Waals surface area contributed by atoms with Gasteiger partial charge in [0.25, 0.3) is 0 Å². The summed E-state index contributed by atoms with van der Waals surface area (Å²) in [5.41, 5.74) is 29.9. The number of nitrogens with zero attached hydrogens (tertiary/aromatic N) is 1. The van der Waals surface area contributed by atoms with E-state index in [0.29, 0.717) is 0 Å². The topological polar surface area (TPSA) is 29.5 Å². The Hall–Kier alpha value is -8.14. The summed E-state index contributed by atoms with van der Waals surface area (Å²) in [5, 5.41) is 7.54. The minimum atomic E-state index is -0.289. The number of furan rings is 2. The van der Waals surface area contributed by atoms with Crippen LogP contribution in [-0.2, 0) is 21.7 Å². The minimum Gasteiger partial charge on any atom is -0.456 e.